The Labute approximate surface area is 191 Å². The number of hydrogen-bond donors (Lipinski definition) is 2. The van der Waals surface area contributed by atoms with E-state index >= 15 is 0 Å². The van der Waals surface area contributed by atoms with Crippen LogP contribution < -0.4 is 10.6 Å². The summed E-state index contributed by atoms with van der Waals surface area (Å²) in [6.45, 7) is 9.00. The number of nitrogens with one attached hydrogen (secondary N) is 2. The molecular weight excluding hydrogens is 402 g/mol. The maximum atomic E-state index is 12.5. The van der Waals surface area contributed by atoms with Gasteiger partial charge in [-0.25, -0.2) is 4.79 Å². The van der Waals surface area contributed by atoms with Crippen molar-refractivity contribution in [2.45, 2.75) is 65.3 Å². The first-order chi connectivity index (χ1) is 15.3. The Morgan fingerprint density at radius 3 is 2.53 bits per heavy atom. The molecule has 0 radical (unpaired) electrons. The standard InChI is InChI=1S/C26H35N3O3/c1-26(2,3)32-19-21-9-6-8-20(16-21)17-28-25(31)27-14-7-12-24(30)29-15-13-22-10-4-5-11-23(22)18-29/h4-6,8-11,16H,7,12-15,17-19H2,1-3H3,(H2,27,28,31). The summed E-state index contributed by atoms with van der Waals surface area (Å²) in [4.78, 5) is 26.5. The van der Waals surface area contributed by atoms with Crippen LogP contribution in [-0.2, 0) is 35.6 Å². The molecule has 0 saturated heterocycles. The molecule has 2 aromatic carbocycles. The second kappa shape index (κ2) is 11.1. The maximum absolute atomic E-state index is 12.5. The number of hydrogen-bond acceptors (Lipinski definition) is 3. The minimum Gasteiger partial charge on any atom is -0.371 e. The molecule has 2 N–H and O–H groups in total. The van der Waals surface area contributed by atoms with Gasteiger partial charge in [0.05, 0.1) is 12.2 Å². The Kier molecular flexibility index (Phi) is 8.28. The van der Waals surface area contributed by atoms with E-state index in [0.29, 0.717) is 39.1 Å². The summed E-state index contributed by atoms with van der Waals surface area (Å²) in [6.07, 6.45) is 1.98. The van der Waals surface area contributed by atoms with Crippen LogP contribution in [0, 0.1) is 0 Å². The minimum absolute atomic E-state index is 0.149. The number of rotatable bonds is 8. The molecule has 0 aliphatic carbocycles. The highest BCUT2D eigenvalue weighted by molar-refractivity contribution is 5.77. The number of fused-ring (bicyclic) bond motifs is 1. The monoisotopic (exact) mass is 437 g/mol. The zero-order valence-corrected chi connectivity index (χ0v) is 19.4. The number of carbonyl (C=O) groups excluding carboxylic acids is 2. The molecule has 6 heteroatoms. The van der Waals surface area contributed by atoms with E-state index in [1.807, 2.05) is 62.1 Å². The number of benzene rings is 2. The van der Waals surface area contributed by atoms with Crippen LogP contribution in [-0.4, -0.2) is 35.5 Å². The highest BCUT2D eigenvalue weighted by atomic mass is 16.5. The van der Waals surface area contributed by atoms with Crippen molar-refractivity contribution in [3.63, 3.8) is 0 Å². The van der Waals surface area contributed by atoms with Gasteiger partial charge in [0.25, 0.3) is 0 Å². The van der Waals surface area contributed by atoms with Gasteiger partial charge in [-0.3, -0.25) is 4.79 Å². The van der Waals surface area contributed by atoms with E-state index in [0.717, 1.165) is 24.1 Å². The lowest BCUT2D eigenvalue weighted by molar-refractivity contribution is -0.132. The van der Waals surface area contributed by atoms with Gasteiger partial charge in [-0.2, -0.15) is 0 Å². The van der Waals surface area contributed by atoms with E-state index in [2.05, 4.69) is 22.8 Å². The topological polar surface area (TPSA) is 70.7 Å². The van der Waals surface area contributed by atoms with Crippen molar-refractivity contribution < 1.29 is 14.3 Å². The zero-order chi connectivity index (χ0) is 23.0. The van der Waals surface area contributed by atoms with Crippen LogP contribution in [0.15, 0.2) is 48.5 Å². The van der Waals surface area contributed by atoms with Gasteiger partial charge in [0, 0.05) is 32.6 Å². The third-order valence-corrected chi connectivity index (χ3v) is 5.45. The van der Waals surface area contributed by atoms with Crippen LogP contribution in [0.2, 0.25) is 0 Å². The van der Waals surface area contributed by atoms with Crippen LogP contribution >= 0.6 is 0 Å². The van der Waals surface area contributed by atoms with Crippen molar-refractivity contribution in [3.8, 4) is 0 Å². The van der Waals surface area contributed by atoms with Crippen molar-refractivity contribution in [2.75, 3.05) is 13.1 Å². The molecule has 1 aliphatic rings. The van der Waals surface area contributed by atoms with E-state index in [1.165, 1.54) is 11.1 Å². The molecule has 0 unspecified atom stereocenters. The first kappa shape index (κ1) is 23.8. The first-order valence-electron chi connectivity index (χ1n) is 11.4. The average Bonchev–Trinajstić information content (AvgIpc) is 2.78. The molecular formula is C26H35N3O3. The van der Waals surface area contributed by atoms with Gasteiger partial charge < -0.3 is 20.3 Å². The summed E-state index contributed by atoms with van der Waals surface area (Å²) in [5.74, 6) is 0.149. The molecule has 1 heterocycles. The highest BCUT2D eigenvalue weighted by Crippen LogP contribution is 2.19. The Hall–Kier alpha value is -2.86. The van der Waals surface area contributed by atoms with E-state index < -0.39 is 0 Å². The summed E-state index contributed by atoms with van der Waals surface area (Å²) < 4.78 is 5.81. The molecule has 1 aliphatic heterocycles. The van der Waals surface area contributed by atoms with E-state index in [-0.39, 0.29) is 17.5 Å². The van der Waals surface area contributed by atoms with Gasteiger partial charge in [0.2, 0.25) is 5.91 Å². The summed E-state index contributed by atoms with van der Waals surface area (Å²) in [7, 11) is 0. The first-order valence-corrected chi connectivity index (χ1v) is 11.4. The number of nitrogens with zero attached hydrogens (tertiary/aromatic N) is 1. The summed E-state index contributed by atoms with van der Waals surface area (Å²) >= 11 is 0. The smallest absolute Gasteiger partial charge is 0.315 e. The molecule has 2 aromatic rings. The van der Waals surface area contributed by atoms with Gasteiger partial charge in [-0.1, -0.05) is 48.5 Å². The molecule has 0 aromatic heterocycles. The molecule has 32 heavy (non-hydrogen) atoms. The summed E-state index contributed by atoms with van der Waals surface area (Å²) in [5.41, 5.74) is 4.49. The fourth-order valence-electron chi connectivity index (χ4n) is 3.68. The van der Waals surface area contributed by atoms with Crippen molar-refractivity contribution >= 4 is 11.9 Å². The number of carbonyl (C=O) groups is 2. The fourth-order valence-corrected chi connectivity index (χ4v) is 3.68. The predicted molar refractivity (Wildman–Crippen MR) is 126 cm³/mol. The quantitative estimate of drug-likeness (QED) is 0.609. The molecule has 0 saturated carbocycles. The summed E-state index contributed by atoms with van der Waals surface area (Å²) in [5, 5.41) is 5.72. The van der Waals surface area contributed by atoms with Crippen molar-refractivity contribution in [1.29, 1.82) is 0 Å². The molecule has 0 bridgehead atoms. The zero-order valence-electron chi connectivity index (χ0n) is 19.4. The van der Waals surface area contributed by atoms with Crippen LogP contribution in [0.3, 0.4) is 0 Å². The summed E-state index contributed by atoms with van der Waals surface area (Å²) in [6, 6.07) is 16.1. The van der Waals surface area contributed by atoms with Gasteiger partial charge in [0.15, 0.2) is 0 Å². The second-order valence-corrected chi connectivity index (χ2v) is 9.27. The van der Waals surface area contributed by atoms with Crippen molar-refractivity contribution in [1.82, 2.24) is 15.5 Å². The van der Waals surface area contributed by atoms with E-state index in [4.69, 9.17) is 4.74 Å². The SMILES string of the molecule is CC(C)(C)OCc1cccc(CNC(=O)NCCCC(=O)N2CCc3ccccc3C2)c1. The fraction of sp³-hybridized carbons (Fsp3) is 0.462. The lowest BCUT2D eigenvalue weighted by Crippen LogP contribution is -2.37. The highest BCUT2D eigenvalue weighted by Gasteiger charge is 2.19. The third kappa shape index (κ3) is 7.68. The third-order valence-electron chi connectivity index (χ3n) is 5.45. The van der Waals surface area contributed by atoms with Crippen LogP contribution in [0.4, 0.5) is 4.79 Å². The van der Waals surface area contributed by atoms with Gasteiger partial charge in [-0.15, -0.1) is 0 Å². The molecule has 6 nitrogen and oxygen atoms in total. The molecule has 0 fully saturated rings. The Bertz CT molecular complexity index is 921. The molecule has 0 atom stereocenters. The van der Waals surface area contributed by atoms with Crippen molar-refractivity contribution in [3.05, 3.63) is 70.8 Å². The largest absolute Gasteiger partial charge is 0.371 e. The average molecular weight is 438 g/mol. The predicted octanol–water partition coefficient (Wildman–Crippen LogP) is 4.17. The Morgan fingerprint density at radius 2 is 1.75 bits per heavy atom. The van der Waals surface area contributed by atoms with Gasteiger partial charge in [-0.05, 0) is 55.9 Å². The van der Waals surface area contributed by atoms with E-state index in [1.54, 1.807) is 0 Å². The normalized spacial score (nSPS) is 13.4. The maximum Gasteiger partial charge on any atom is 0.315 e. The second-order valence-electron chi connectivity index (χ2n) is 9.27. The van der Waals surface area contributed by atoms with Crippen LogP contribution in [0.5, 0.6) is 0 Å². The molecule has 172 valence electrons. The van der Waals surface area contributed by atoms with E-state index in [9.17, 15) is 9.59 Å². The van der Waals surface area contributed by atoms with Gasteiger partial charge >= 0.3 is 6.03 Å². The lowest BCUT2D eigenvalue weighted by atomic mass is 9.99. The van der Waals surface area contributed by atoms with Crippen LogP contribution in [0.25, 0.3) is 0 Å². The Balaban J connectivity index is 1.32. The number of amides is 3. The molecule has 0 spiro atoms. The number of ether oxygens (including phenoxy) is 1. The Morgan fingerprint density at radius 1 is 1.00 bits per heavy atom. The molecule has 3 amide bonds. The van der Waals surface area contributed by atoms with Crippen molar-refractivity contribution in [2.24, 2.45) is 0 Å². The van der Waals surface area contributed by atoms with Gasteiger partial charge in [0.1, 0.15) is 0 Å². The lowest BCUT2D eigenvalue weighted by Gasteiger charge is -2.29. The molecule has 3 rings (SSSR count). The van der Waals surface area contributed by atoms with Crippen LogP contribution in [0.1, 0.15) is 55.9 Å². The minimum atomic E-state index is -0.222. The number of urea groups is 1.